The van der Waals surface area contributed by atoms with Crippen molar-refractivity contribution in [1.29, 1.82) is 0 Å². The highest BCUT2D eigenvalue weighted by molar-refractivity contribution is 14.0. The zero-order valence-electron chi connectivity index (χ0n) is 12.7. The molecule has 21 heavy (non-hydrogen) atoms. The molecule has 1 aliphatic heterocycles. The number of rotatable bonds is 4. The molecule has 1 fully saturated rings. The van der Waals surface area contributed by atoms with Crippen molar-refractivity contribution in [3.05, 3.63) is 30.1 Å². The van der Waals surface area contributed by atoms with Crippen LogP contribution in [0, 0.1) is 5.92 Å². The molecular formula is C15H25IN4O. The summed E-state index contributed by atoms with van der Waals surface area (Å²) in [4.78, 5) is 10.9. The summed E-state index contributed by atoms with van der Waals surface area (Å²) in [5, 5.41) is 0. The van der Waals surface area contributed by atoms with Gasteiger partial charge in [-0.05, 0) is 17.5 Å². The Kier molecular flexibility index (Phi) is 7.95. The van der Waals surface area contributed by atoms with E-state index >= 15 is 0 Å². The van der Waals surface area contributed by atoms with Crippen LogP contribution in [0.15, 0.2) is 29.5 Å². The second-order valence-corrected chi connectivity index (χ2v) is 5.44. The van der Waals surface area contributed by atoms with Gasteiger partial charge in [0.15, 0.2) is 5.96 Å². The lowest BCUT2D eigenvalue weighted by molar-refractivity contribution is 0.0674. The van der Waals surface area contributed by atoms with Crippen molar-refractivity contribution in [1.82, 2.24) is 9.88 Å². The van der Waals surface area contributed by atoms with Gasteiger partial charge >= 0.3 is 0 Å². The van der Waals surface area contributed by atoms with Gasteiger partial charge in [0.25, 0.3) is 0 Å². The summed E-state index contributed by atoms with van der Waals surface area (Å²) in [6, 6.07) is 4.08. The van der Waals surface area contributed by atoms with Gasteiger partial charge in [-0.2, -0.15) is 0 Å². The number of halogens is 1. The summed E-state index contributed by atoms with van der Waals surface area (Å²) < 4.78 is 5.32. The van der Waals surface area contributed by atoms with Crippen molar-refractivity contribution < 1.29 is 4.74 Å². The smallest absolute Gasteiger partial charge is 0.191 e. The minimum absolute atomic E-state index is 0. The fourth-order valence-electron chi connectivity index (χ4n) is 2.38. The van der Waals surface area contributed by atoms with E-state index < -0.39 is 0 Å². The SMILES string of the molecule is CC(C)C(CN=C(N)N1CCOCC1)c1cccnc1.I. The Balaban J connectivity index is 0.00000220. The Bertz CT molecular complexity index is 433. The number of hydrogen-bond acceptors (Lipinski definition) is 3. The molecule has 1 atom stereocenters. The fraction of sp³-hybridized carbons (Fsp3) is 0.600. The topological polar surface area (TPSA) is 63.7 Å². The number of ether oxygens (including phenoxy) is 1. The minimum atomic E-state index is 0. The minimum Gasteiger partial charge on any atom is -0.378 e. The van der Waals surface area contributed by atoms with Crippen molar-refractivity contribution in [3.8, 4) is 0 Å². The van der Waals surface area contributed by atoms with Crippen LogP contribution < -0.4 is 5.73 Å². The normalized spacial score (nSPS) is 17.5. The second-order valence-electron chi connectivity index (χ2n) is 5.44. The first kappa shape index (κ1) is 18.2. The van der Waals surface area contributed by atoms with Crippen LogP contribution in [0.5, 0.6) is 0 Å². The van der Waals surface area contributed by atoms with Crippen LogP contribution in [0.1, 0.15) is 25.3 Å². The van der Waals surface area contributed by atoms with Gasteiger partial charge in [-0.15, -0.1) is 24.0 Å². The molecule has 2 rings (SSSR count). The van der Waals surface area contributed by atoms with Gasteiger partial charge < -0.3 is 15.4 Å². The van der Waals surface area contributed by atoms with Gasteiger partial charge in [-0.3, -0.25) is 9.98 Å². The van der Waals surface area contributed by atoms with E-state index in [4.69, 9.17) is 10.5 Å². The first-order chi connectivity index (χ1) is 9.68. The molecule has 1 aliphatic rings. The monoisotopic (exact) mass is 404 g/mol. The highest BCUT2D eigenvalue weighted by Crippen LogP contribution is 2.23. The maximum atomic E-state index is 6.08. The lowest BCUT2D eigenvalue weighted by Crippen LogP contribution is -2.45. The Hall–Kier alpha value is -0.890. The van der Waals surface area contributed by atoms with Crippen LogP contribution in [0.25, 0.3) is 0 Å². The van der Waals surface area contributed by atoms with Crippen molar-refractivity contribution in [2.24, 2.45) is 16.6 Å². The number of hydrogen-bond donors (Lipinski definition) is 1. The van der Waals surface area contributed by atoms with Crippen LogP contribution >= 0.6 is 24.0 Å². The number of aromatic nitrogens is 1. The van der Waals surface area contributed by atoms with Crippen molar-refractivity contribution >= 4 is 29.9 Å². The Morgan fingerprint density at radius 3 is 2.71 bits per heavy atom. The maximum Gasteiger partial charge on any atom is 0.191 e. The molecular weight excluding hydrogens is 379 g/mol. The predicted molar refractivity (Wildman–Crippen MR) is 96.1 cm³/mol. The molecule has 6 heteroatoms. The van der Waals surface area contributed by atoms with Gasteiger partial charge in [0.05, 0.1) is 13.2 Å². The van der Waals surface area contributed by atoms with Crippen LogP contribution in [0.4, 0.5) is 0 Å². The molecule has 1 aromatic heterocycles. The molecule has 1 saturated heterocycles. The third kappa shape index (κ3) is 5.43. The largest absolute Gasteiger partial charge is 0.378 e. The average Bonchev–Trinajstić information content (AvgIpc) is 2.49. The van der Waals surface area contributed by atoms with Crippen molar-refractivity contribution in [3.63, 3.8) is 0 Å². The summed E-state index contributed by atoms with van der Waals surface area (Å²) in [6.45, 7) is 8.23. The number of guanidine groups is 1. The molecule has 0 saturated carbocycles. The van der Waals surface area contributed by atoms with E-state index in [1.165, 1.54) is 5.56 Å². The van der Waals surface area contributed by atoms with E-state index in [1.54, 1.807) is 6.20 Å². The Labute approximate surface area is 144 Å². The van der Waals surface area contributed by atoms with Gasteiger partial charge in [0, 0.05) is 37.9 Å². The molecule has 5 nitrogen and oxygen atoms in total. The molecule has 0 radical (unpaired) electrons. The molecule has 0 spiro atoms. The molecule has 118 valence electrons. The third-order valence-electron chi connectivity index (χ3n) is 3.70. The predicted octanol–water partition coefficient (Wildman–Crippen LogP) is 2.09. The Morgan fingerprint density at radius 1 is 1.43 bits per heavy atom. The number of nitrogens with two attached hydrogens (primary N) is 1. The van der Waals surface area contributed by atoms with E-state index in [0.717, 1.165) is 26.3 Å². The number of morpholine rings is 1. The Morgan fingerprint density at radius 2 is 2.14 bits per heavy atom. The van der Waals surface area contributed by atoms with E-state index in [9.17, 15) is 0 Å². The van der Waals surface area contributed by atoms with E-state index in [-0.39, 0.29) is 24.0 Å². The maximum absolute atomic E-state index is 6.08. The third-order valence-corrected chi connectivity index (χ3v) is 3.70. The highest BCUT2D eigenvalue weighted by Gasteiger charge is 2.17. The quantitative estimate of drug-likeness (QED) is 0.474. The summed E-state index contributed by atoms with van der Waals surface area (Å²) >= 11 is 0. The van der Waals surface area contributed by atoms with Crippen LogP contribution in [0.2, 0.25) is 0 Å². The van der Waals surface area contributed by atoms with Crippen LogP contribution in [0.3, 0.4) is 0 Å². The van der Waals surface area contributed by atoms with Gasteiger partial charge in [-0.1, -0.05) is 19.9 Å². The van der Waals surface area contributed by atoms with Crippen molar-refractivity contribution in [2.45, 2.75) is 19.8 Å². The zero-order valence-corrected chi connectivity index (χ0v) is 15.1. The van der Waals surface area contributed by atoms with E-state index in [1.807, 2.05) is 12.3 Å². The van der Waals surface area contributed by atoms with Crippen LogP contribution in [-0.2, 0) is 4.74 Å². The molecule has 1 unspecified atom stereocenters. The summed E-state index contributed by atoms with van der Waals surface area (Å²) in [5.41, 5.74) is 7.30. The fourth-order valence-corrected chi connectivity index (χ4v) is 2.38. The summed E-state index contributed by atoms with van der Waals surface area (Å²) in [7, 11) is 0. The first-order valence-corrected chi connectivity index (χ1v) is 7.21. The molecule has 0 aliphatic carbocycles. The van der Waals surface area contributed by atoms with E-state index in [0.29, 0.717) is 24.3 Å². The second kappa shape index (κ2) is 9.19. The standard InChI is InChI=1S/C15H24N4O.HI/c1-12(2)14(13-4-3-5-17-10-13)11-18-15(16)19-6-8-20-9-7-19;/h3-5,10,12,14H,6-9,11H2,1-2H3,(H2,16,18);1H. The van der Waals surface area contributed by atoms with E-state index in [2.05, 4.69) is 34.8 Å². The zero-order chi connectivity index (χ0) is 14.4. The molecule has 2 N–H and O–H groups in total. The van der Waals surface area contributed by atoms with Crippen molar-refractivity contribution in [2.75, 3.05) is 32.8 Å². The lowest BCUT2D eigenvalue weighted by atomic mass is 9.89. The van der Waals surface area contributed by atoms with Gasteiger partial charge in [-0.25, -0.2) is 0 Å². The van der Waals surface area contributed by atoms with Gasteiger partial charge in [0.2, 0.25) is 0 Å². The molecule has 0 amide bonds. The number of aliphatic imine (C=N–C) groups is 1. The first-order valence-electron chi connectivity index (χ1n) is 7.21. The molecule has 1 aromatic rings. The van der Waals surface area contributed by atoms with Crippen LogP contribution in [-0.4, -0.2) is 48.7 Å². The molecule has 0 aromatic carbocycles. The highest BCUT2D eigenvalue weighted by atomic mass is 127. The average molecular weight is 404 g/mol. The summed E-state index contributed by atoms with van der Waals surface area (Å²) in [6.07, 6.45) is 3.72. The summed E-state index contributed by atoms with van der Waals surface area (Å²) in [5.74, 6) is 1.48. The molecule has 0 bridgehead atoms. The lowest BCUT2D eigenvalue weighted by Gasteiger charge is -2.28. The number of pyridine rings is 1. The van der Waals surface area contributed by atoms with Gasteiger partial charge in [0.1, 0.15) is 0 Å². The number of nitrogens with zero attached hydrogens (tertiary/aromatic N) is 3. The molecule has 2 heterocycles.